The van der Waals surface area contributed by atoms with Crippen LogP contribution in [0.15, 0.2) is 23.1 Å². The fourth-order valence-corrected chi connectivity index (χ4v) is 6.67. The van der Waals surface area contributed by atoms with Gasteiger partial charge in [-0.1, -0.05) is 17.7 Å². The number of sulfonamides is 1. The van der Waals surface area contributed by atoms with Gasteiger partial charge in [0.2, 0.25) is 0 Å². The SMILES string of the molecule is Cc1ccc(S(=O)(=O)N([C@H]2CS(=O)(=O)C[C@@H]2O)N(C)C)c(C)c1. The molecule has 0 amide bonds. The van der Waals surface area contributed by atoms with Gasteiger partial charge in [0.15, 0.2) is 9.84 Å². The van der Waals surface area contributed by atoms with Crippen LogP contribution in [-0.4, -0.2) is 69.1 Å². The van der Waals surface area contributed by atoms with Crippen LogP contribution in [0.2, 0.25) is 0 Å². The Labute approximate surface area is 137 Å². The van der Waals surface area contributed by atoms with E-state index in [1.807, 2.05) is 6.92 Å². The molecular weight excluding hydrogens is 340 g/mol. The largest absolute Gasteiger partial charge is 0.390 e. The van der Waals surface area contributed by atoms with Crippen molar-refractivity contribution in [2.75, 3.05) is 25.6 Å². The molecule has 2 atom stereocenters. The summed E-state index contributed by atoms with van der Waals surface area (Å²) in [6.45, 7) is 3.55. The quantitative estimate of drug-likeness (QED) is 0.754. The Morgan fingerprint density at radius 1 is 1.17 bits per heavy atom. The lowest BCUT2D eigenvalue weighted by Crippen LogP contribution is -2.53. The van der Waals surface area contributed by atoms with Crippen LogP contribution in [0.4, 0.5) is 0 Å². The third-order valence-electron chi connectivity index (χ3n) is 3.83. The fourth-order valence-electron chi connectivity index (χ4n) is 2.90. The Hall–Kier alpha value is -1.00. The maximum Gasteiger partial charge on any atom is 0.256 e. The molecule has 0 unspecified atom stereocenters. The summed E-state index contributed by atoms with van der Waals surface area (Å²) in [7, 11) is -4.42. The Morgan fingerprint density at radius 2 is 1.78 bits per heavy atom. The molecule has 23 heavy (non-hydrogen) atoms. The fraction of sp³-hybridized carbons (Fsp3) is 0.571. The first kappa shape index (κ1) is 18.3. The zero-order valence-electron chi connectivity index (χ0n) is 13.6. The minimum Gasteiger partial charge on any atom is -0.390 e. The van der Waals surface area contributed by atoms with Gasteiger partial charge in [-0.3, -0.25) is 0 Å². The van der Waals surface area contributed by atoms with Crippen molar-refractivity contribution in [3.63, 3.8) is 0 Å². The van der Waals surface area contributed by atoms with E-state index < -0.39 is 43.5 Å². The van der Waals surface area contributed by atoms with E-state index in [1.54, 1.807) is 19.1 Å². The van der Waals surface area contributed by atoms with E-state index >= 15 is 0 Å². The molecule has 9 heteroatoms. The third-order valence-corrected chi connectivity index (χ3v) is 7.63. The minimum atomic E-state index is -3.98. The zero-order chi connectivity index (χ0) is 17.6. The van der Waals surface area contributed by atoms with Crippen LogP contribution in [0.1, 0.15) is 11.1 Å². The van der Waals surface area contributed by atoms with Gasteiger partial charge in [-0.2, -0.15) is 0 Å². The van der Waals surface area contributed by atoms with Crippen LogP contribution in [-0.2, 0) is 19.9 Å². The lowest BCUT2D eigenvalue weighted by Gasteiger charge is -2.34. The summed E-state index contributed by atoms with van der Waals surface area (Å²) in [6, 6.07) is 3.92. The Balaban J connectivity index is 2.53. The van der Waals surface area contributed by atoms with Gasteiger partial charge in [0.1, 0.15) is 0 Å². The molecule has 2 rings (SSSR count). The Kier molecular flexibility index (Phi) is 4.89. The lowest BCUT2D eigenvalue weighted by atomic mass is 10.2. The average molecular weight is 362 g/mol. The van der Waals surface area contributed by atoms with Crippen molar-refractivity contribution < 1.29 is 21.9 Å². The van der Waals surface area contributed by atoms with E-state index in [4.69, 9.17) is 0 Å². The van der Waals surface area contributed by atoms with E-state index in [0.29, 0.717) is 5.56 Å². The summed E-state index contributed by atoms with van der Waals surface area (Å²) in [5, 5.41) is 11.4. The predicted octanol–water partition coefficient (Wildman–Crippen LogP) is -0.0714. The van der Waals surface area contributed by atoms with Crippen molar-refractivity contribution in [1.29, 1.82) is 0 Å². The van der Waals surface area contributed by atoms with Crippen molar-refractivity contribution in [1.82, 2.24) is 9.42 Å². The summed E-state index contributed by atoms with van der Waals surface area (Å²) in [5.74, 6) is -0.819. The van der Waals surface area contributed by atoms with E-state index in [2.05, 4.69) is 0 Å². The normalized spacial score (nSPS) is 24.5. The number of sulfone groups is 1. The molecule has 1 N–H and O–H groups in total. The first-order chi connectivity index (χ1) is 10.5. The summed E-state index contributed by atoms with van der Waals surface area (Å²) >= 11 is 0. The number of benzene rings is 1. The highest BCUT2D eigenvalue weighted by Gasteiger charge is 2.46. The summed E-state index contributed by atoms with van der Waals surface area (Å²) in [6.07, 6.45) is -1.25. The third kappa shape index (κ3) is 3.58. The smallest absolute Gasteiger partial charge is 0.256 e. The molecule has 1 aromatic carbocycles. The summed E-state index contributed by atoms with van der Waals surface area (Å²) in [5.41, 5.74) is 1.51. The van der Waals surface area contributed by atoms with Crippen LogP contribution >= 0.6 is 0 Å². The van der Waals surface area contributed by atoms with Crippen LogP contribution in [0.5, 0.6) is 0 Å². The first-order valence-corrected chi connectivity index (χ1v) is 10.4. The highest BCUT2D eigenvalue weighted by molar-refractivity contribution is 7.92. The lowest BCUT2D eigenvalue weighted by molar-refractivity contribution is 0.0271. The van der Waals surface area contributed by atoms with E-state index in [-0.39, 0.29) is 4.90 Å². The number of hydrogen-bond donors (Lipinski definition) is 1. The van der Waals surface area contributed by atoms with Gasteiger partial charge in [0.25, 0.3) is 10.0 Å². The van der Waals surface area contributed by atoms with Crippen LogP contribution in [0, 0.1) is 13.8 Å². The average Bonchev–Trinajstić information content (AvgIpc) is 2.61. The molecule has 0 saturated carbocycles. The summed E-state index contributed by atoms with van der Waals surface area (Å²) < 4.78 is 50.5. The van der Waals surface area contributed by atoms with Gasteiger partial charge in [-0.25, -0.2) is 21.8 Å². The van der Waals surface area contributed by atoms with Crippen molar-refractivity contribution in [3.8, 4) is 0 Å². The molecule has 0 radical (unpaired) electrons. The van der Waals surface area contributed by atoms with Crippen LogP contribution < -0.4 is 0 Å². The highest BCUT2D eigenvalue weighted by atomic mass is 32.2. The minimum absolute atomic E-state index is 0.105. The van der Waals surface area contributed by atoms with Crippen LogP contribution in [0.25, 0.3) is 0 Å². The number of nitrogens with zero attached hydrogens (tertiary/aromatic N) is 2. The topological polar surface area (TPSA) is 95.0 Å². The predicted molar refractivity (Wildman–Crippen MR) is 87.1 cm³/mol. The Morgan fingerprint density at radius 3 is 2.22 bits per heavy atom. The standard InChI is InChI=1S/C14H22N2O5S2/c1-10-5-6-14(11(2)7-10)23(20,21)16(15(3)4)12-8-22(18,19)9-13(12)17/h5-7,12-13,17H,8-9H2,1-4H3/t12-,13-/m0/s1. The molecule has 130 valence electrons. The Bertz CT molecular complexity index is 802. The highest BCUT2D eigenvalue weighted by Crippen LogP contribution is 2.28. The number of hydrogen-bond acceptors (Lipinski definition) is 6. The van der Waals surface area contributed by atoms with Gasteiger partial charge in [-0.15, -0.1) is 4.41 Å². The number of aliphatic hydroxyl groups is 1. The second kappa shape index (κ2) is 6.14. The van der Waals surface area contributed by atoms with Gasteiger partial charge in [0.05, 0.1) is 28.5 Å². The molecule has 1 heterocycles. The second-order valence-corrected chi connectivity index (χ2v) is 10.0. The molecule has 0 spiro atoms. The van der Waals surface area contributed by atoms with E-state index in [1.165, 1.54) is 25.2 Å². The van der Waals surface area contributed by atoms with Crippen molar-refractivity contribution in [3.05, 3.63) is 29.3 Å². The van der Waals surface area contributed by atoms with Gasteiger partial charge < -0.3 is 5.11 Å². The number of hydrazine groups is 1. The summed E-state index contributed by atoms with van der Waals surface area (Å²) in [4.78, 5) is 0.105. The molecule has 0 aliphatic carbocycles. The molecule has 1 saturated heterocycles. The number of aryl methyl sites for hydroxylation is 2. The van der Waals surface area contributed by atoms with Gasteiger partial charge >= 0.3 is 0 Å². The van der Waals surface area contributed by atoms with E-state index in [0.717, 1.165) is 9.98 Å². The molecule has 1 aliphatic heterocycles. The van der Waals surface area contributed by atoms with Gasteiger partial charge in [-0.05, 0) is 25.5 Å². The van der Waals surface area contributed by atoms with Gasteiger partial charge in [0, 0.05) is 14.1 Å². The monoisotopic (exact) mass is 362 g/mol. The van der Waals surface area contributed by atoms with Crippen molar-refractivity contribution >= 4 is 19.9 Å². The molecular formula is C14H22N2O5S2. The molecule has 1 aromatic rings. The number of rotatable bonds is 4. The van der Waals surface area contributed by atoms with Crippen LogP contribution in [0.3, 0.4) is 0 Å². The molecule has 1 aliphatic rings. The zero-order valence-corrected chi connectivity index (χ0v) is 15.2. The maximum atomic E-state index is 13.0. The molecule has 1 fully saturated rings. The maximum absolute atomic E-state index is 13.0. The second-order valence-electron chi connectivity index (χ2n) is 6.11. The van der Waals surface area contributed by atoms with Crippen molar-refractivity contribution in [2.24, 2.45) is 0 Å². The van der Waals surface area contributed by atoms with E-state index in [9.17, 15) is 21.9 Å². The molecule has 7 nitrogen and oxygen atoms in total. The first-order valence-electron chi connectivity index (χ1n) is 7.13. The molecule has 0 bridgehead atoms. The number of aliphatic hydroxyl groups excluding tert-OH is 1. The molecule has 0 aromatic heterocycles. The van der Waals surface area contributed by atoms with Crippen molar-refractivity contribution in [2.45, 2.75) is 30.9 Å².